The second-order valence-electron chi connectivity index (χ2n) is 10.2. The Hall–Kier alpha value is -4.44. The number of aliphatic hydroxyl groups excluding tert-OH is 1. The Kier molecular flexibility index (Phi) is 8.44. The van der Waals surface area contributed by atoms with Gasteiger partial charge in [0.1, 0.15) is 17.3 Å². The third kappa shape index (κ3) is 5.67. The molecule has 2 heterocycles. The smallest absolute Gasteiger partial charge is 0.301 e. The number of Topliss-reactive ketones (excluding diaryl/α,β-unsaturated/α-hetero) is 1. The second-order valence-corrected chi connectivity index (χ2v) is 11.2. The number of ether oxygens (including phenoxy) is 3. The van der Waals surface area contributed by atoms with Crippen LogP contribution in [0.15, 0.2) is 66.2 Å². The number of rotatable bonds is 10. The van der Waals surface area contributed by atoms with Gasteiger partial charge in [-0.2, -0.15) is 0 Å². The van der Waals surface area contributed by atoms with Crippen molar-refractivity contribution in [2.24, 2.45) is 5.92 Å². The van der Waals surface area contributed by atoms with E-state index >= 15 is 0 Å². The summed E-state index contributed by atoms with van der Waals surface area (Å²) in [5, 5.41) is 11.7. The van der Waals surface area contributed by atoms with Gasteiger partial charge in [0.2, 0.25) is 0 Å². The summed E-state index contributed by atoms with van der Waals surface area (Å²) in [7, 11) is 1.51. The third-order valence-corrected chi connectivity index (χ3v) is 7.90. The minimum atomic E-state index is -1.04. The van der Waals surface area contributed by atoms with Gasteiger partial charge in [-0.25, -0.2) is 9.37 Å². The van der Waals surface area contributed by atoms with Gasteiger partial charge >= 0.3 is 5.91 Å². The van der Waals surface area contributed by atoms with Crippen LogP contribution in [0.1, 0.15) is 44.4 Å². The monoisotopic (exact) mass is 590 g/mol. The van der Waals surface area contributed by atoms with Crippen molar-refractivity contribution >= 4 is 44.1 Å². The van der Waals surface area contributed by atoms with E-state index in [0.717, 1.165) is 17.8 Å². The highest BCUT2D eigenvalue weighted by Gasteiger charge is 2.48. The van der Waals surface area contributed by atoms with Crippen LogP contribution in [0, 0.1) is 11.7 Å². The van der Waals surface area contributed by atoms with Gasteiger partial charge in [0.25, 0.3) is 5.78 Å². The standard InChI is InChI=1S/C32H31FN2O6S/c1-5-40-22-10-6-19(7-11-22)29(36)27-28(20-8-13-24(25(16-20)39-4)41-15-14-18(2)3)35(31(38)30(27)37)32-34-23-12-9-21(33)17-26(23)42-32/h6-13,16-18,28,36H,5,14-15H2,1-4H3/b29-27+. The first-order valence-electron chi connectivity index (χ1n) is 13.6. The summed E-state index contributed by atoms with van der Waals surface area (Å²) in [5.41, 5.74) is 1.22. The Morgan fingerprint density at radius 3 is 2.50 bits per heavy atom. The van der Waals surface area contributed by atoms with Gasteiger partial charge in [-0.1, -0.05) is 31.3 Å². The number of hydrogen-bond acceptors (Lipinski definition) is 8. The molecule has 1 atom stereocenters. The Bertz CT molecular complexity index is 1660. The van der Waals surface area contributed by atoms with Crippen molar-refractivity contribution in [1.29, 1.82) is 0 Å². The van der Waals surface area contributed by atoms with E-state index in [1.165, 1.54) is 30.2 Å². The number of carbonyl (C=O) groups excluding carboxylic acids is 2. The maximum atomic E-state index is 14.0. The number of carbonyl (C=O) groups is 2. The minimum absolute atomic E-state index is 0.106. The lowest BCUT2D eigenvalue weighted by molar-refractivity contribution is -0.132. The molecule has 1 unspecified atom stereocenters. The van der Waals surface area contributed by atoms with E-state index in [2.05, 4.69) is 18.8 Å². The van der Waals surface area contributed by atoms with Crippen molar-refractivity contribution in [3.05, 3.63) is 83.2 Å². The van der Waals surface area contributed by atoms with Crippen molar-refractivity contribution < 1.29 is 33.3 Å². The molecule has 1 amide bonds. The number of methoxy groups -OCH3 is 1. The summed E-state index contributed by atoms with van der Waals surface area (Å²) in [4.78, 5) is 33.0. The second kappa shape index (κ2) is 12.2. The van der Waals surface area contributed by atoms with Gasteiger partial charge in [0.05, 0.1) is 42.2 Å². The molecule has 0 aliphatic carbocycles. The molecule has 10 heteroatoms. The summed E-state index contributed by atoms with van der Waals surface area (Å²) < 4.78 is 31.5. The predicted molar refractivity (Wildman–Crippen MR) is 160 cm³/mol. The van der Waals surface area contributed by atoms with E-state index in [9.17, 15) is 19.1 Å². The van der Waals surface area contributed by atoms with Crippen LogP contribution >= 0.6 is 11.3 Å². The highest BCUT2D eigenvalue weighted by molar-refractivity contribution is 7.22. The SMILES string of the molecule is CCOc1ccc(/C(O)=C2\C(=O)C(=O)N(c3nc4ccc(F)cc4s3)C2c2ccc(OCCC(C)C)c(OC)c2)cc1. The highest BCUT2D eigenvalue weighted by Crippen LogP contribution is 2.46. The number of anilines is 1. The van der Waals surface area contributed by atoms with Crippen LogP contribution in [-0.2, 0) is 9.59 Å². The topological polar surface area (TPSA) is 98.2 Å². The van der Waals surface area contributed by atoms with Gasteiger partial charge in [-0.05, 0) is 79.4 Å². The number of thiazole rings is 1. The molecular weight excluding hydrogens is 559 g/mol. The summed E-state index contributed by atoms with van der Waals surface area (Å²) in [6.07, 6.45) is 0.853. The van der Waals surface area contributed by atoms with Crippen LogP contribution in [0.4, 0.5) is 9.52 Å². The molecule has 42 heavy (non-hydrogen) atoms. The number of hydrogen-bond donors (Lipinski definition) is 1. The molecule has 1 fully saturated rings. The number of aromatic nitrogens is 1. The average Bonchev–Trinajstić information content (AvgIpc) is 3.50. The fraction of sp³-hybridized carbons (Fsp3) is 0.281. The molecule has 1 N–H and O–H groups in total. The van der Waals surface area contributed by atoms with Crippen molar-refractivity contribution in [2.75, 3.05) is 25.2 Å². The normalized spacial score (nSPS) is 16.4. The van der Waals surface area contributed by atoms with Crippen LogP contribution < -0.4 is 19.1 Å². The number of amides is 1. The molecule has 1 saturated heterocycles. The van der Waals surface area contributed by atoms with Gasteiger partial charge in [0.15, 0.2) is 16.6 Å². The Morgan fingerprint density at radius 1 is 1.05 bits per heavy atom. The minimum Gasteiger partial charge on any atom is -0.507 e. The number of aliphatic hydroxyl groups is 1. The Morgan fingerprint density at radius 2 is 1.81 bits per heavy atom. The largest absolute Gasteiger partial charge is 0.507 e. The molecule has 0 saturated carbocycles. The van der Waals surface area contributed by atoms with Gasteiger partial charge in [0, 0.05) is 5.56 Å². The van der Waals surface area contributed by atoms with Crippen LogP contribution in [-0.4, -0.2) is 42.1 Å². The molecule has 0 spiro atoms. The predicted octanol–water partition coefficient (Wildman–Crippen LogP) is 6.89. The van der Waals surface area contributed by atoms with Crippen molar-refractivity contribution in [3.8, 4) is 17.2 Å². The molecule has 1 aliphatic rings. The van der Waals surface area contributed by atoms with Gasteiger partial charge < -0.3 is 19.3 Å². The fourth-order valence-corrected chi connectivity index (χ4v) is 5.76. The molecule has 5 rings (SSSR count). The lowest BCUT2D eigenvalue weighted by atomic mass is 9.95. The van der Waals surface area contributed by atoms with E-state index in [-0.39, 0.29) is 16.5 Å². The first kappa shape index (κ1) is 29.1. The fourth-order valence-electron chi connectivity index (χ4n) is 4.74. The van der Waals surface area contributed by atoms with E-state index in [4.69, 9.17) is 14.2 Å². The molecule has 218 valence electrons. The number of ketones is 1. The zero-order chi connectivity index (χ0) is 30.0. The lowest BCUT2D eigenvalue weighted by Crippen LogP contribution is -2.29. The Balaban J connectivity index is 1.64. The van der Waals surface area contributed by atoms with Crippen molar-refractivity contribution in [1.82, 2.24) is 4.98 Å². The van der Waals surface area contributed by atoms with Crippen molar-refractivity contribution in [2.45, 2.75) is 33.2 Å². The lowest BCUT2D eigenvalue weighted by Gasteiger charge is -2.24. The number of fused-ring (bicyclic) bond motifs is 1. The van der Waals surface area contributed by atoms with E-state index in [0.29, 0.717) is 57.7 Å². The number of halogens is 1. The molecular formula is C32H31FN2O6S. The average molecular weight is 591 g/mol. The van der Waals surface area contributed by atoms with E-state index in [1.807, 2.05) is 6.92 Å². The highest BCUT2D eigenvalue weighted by atomic mass is 32.1. The molecule has 1 aromatic heterocycles. The number of benzene rings is 3. The molecule has 0 radical (unpaired) electrons. The maximum Gasteiger partial charge on any atom is 0.301 e. The first-order valence-corrected chi connectivity index (χ1v) is 14.4. The van der Waals surface area contributed by atoms with E-state index in [1.54, 1.807) is 42.5 Å². The molecule has 8 nitrogen and oxygen atoms in total. The van der Waals surface area contributed by atoms with Crippen LogP contribution in [0.2, 0.25) is 0 Å². The number of nitrogens with zero attached hydrogens (tertiary/aromatic N) is 2. The molecule has 1 aliphatic heterocycles. The molecule has 3 aromatic carbocycles. The van der Waals surface area contributed by atoms with Gasteiger partial charge in [-0.3, -0.25) is 14.5 Å². The quantitative estimate of drug-likeness (QED) is 0.122. The Labute approximate surface area is 247 Å². The summed E-state index contributed by atoms with van der Waals surface area (Å²) >= 11 is 1.08. The first-order chi connectivity index (χ1) is 20.2. The van der Waals surface area contributed by atoms with Crippen LogP contribution in [0.3, 0.4) is 0 Å². The summed E-state index contributed by atoms with van der Waals surface area (Å²) in [5.74, 6) is -0.520. The zero-order valence-electron chi connectivity index (χ0n) is 23.7. The maximum absolute atomic E-state index is 14.0. The summed E-state index contributed by atoms with van der Waals surface area (Å²) in [6, 6.07) is 14.8. The van der Waals surface area contributed by atoms with Crippen LogP contribution in [0.25, 0.3) is 16.0 Å². The van der Waals surface area contributed by atoms with E-state index < -0.39 is 23.5 Å². The molecule has 0 bridgehead atoms. The zero-order valence-corrected chi connectivity index (χ0v) is 24.5. The van der Waals surface area contributed by atoms with Crippen molar-refractivity contribution in [3.63, 3.8) is 0 Å². The third-order valence-electron chi connectivity index (χ3n) is 6.88. The van der Waals surface area contributed by atoms with Gasteiger partial charge in [-0.15, -0.1) is 0 Å². The summed E-state index contributed by atoms with van der Waals surface area (Å²) in [6.45, 7) is 7.04. The molecule has 4 aromatic rings. The van der Waals surface area contributed by atoms with Crippen LogP contribution in [0.5, 0.6) is 17.2 Å².